The van der Waals surface area contributed by atoms with Gasteiger partial charge in [0.2, 0.25) is 0 Å². The van der Waals surface area contributed by atoms with Gasteiger partial charge in [0.1, 0.15) is 0 Å². The Bertz CT molecular complexity index is 1260. The van der Waals surface area contributed by atoms with E-state index in [-0.39, 0.29) is 5.91 Å². The smallest absolute Gasteiger partial charge is 0.254 e. The molecule has 0 aliphatic carbocycles. The minimum absolute atomic E-state index is 0.0426. The molecule has 0 unspecified atom stereocenters. The Morgan fingerprint density at radius 2 is 1.81 bits per heavy atom. The number of fused-ring (bicyclic) bond motifs is 1. The van der Waals surface area contributed by atoms with Gasteiger partial charge in [-0.15, -0.1) is 0 Å². The summed E-state index contributed by atoms with van der Waals surface area (Å²) in [7, 11) is 0. The van der Waals surface area contributed by atoms with E-state index in [1.54, 1.807) is 29.2 Å². The summed E-state index contributed by atoms with van der Waals surface area (Å²) >= 11 is 0. The van der Waals surface area contributed by atoms with Crippen molar-refractivity contribution < 1.29 is 14.3 Å². The van der Waals surface area contributed by atoms with Gasteiger partial charge in [0, 0.05) is 29.9 Å². The molecule has 32 heavy (non-hydrogen) atoms. The molecule has 6 nitrogen and oxygen atoms in total. The number of nitrogens with zero attached hydrogens (tertiary/aromatic N) is 2. The van der Waals surface area contributed by atoms with Crippen LogP contribution in [0.4, 0.5) is 0 Å². The first-order valence-corrected chi connectivity index (χ1v) is 10.4. The fourth-order valence-electron chi connectivity index (χ4n) is 3.81. The predicted octanol–water partition coefficient (Wildman–Crippen LogP) is 4.42. The third-order valence-corrected chi connectivity index (χ3v) is 5.46. The van der Waals surface area contributed by atoms with E-state index in [0.29, 0.717) is 48.5 Å². The fraction of sp³-hybridized carbons (Fsp3) is 0.192. The molecule has 2 aromatic carbocycles. The number of hydrogen-bond donors (Lipinski definition) is 1. The Morgan fingerprint density at radius 3 is 2.50 bits per heavy atom. The second-order valence-corrected chi connectivity index (χ2v) is 7.67. The Morgan fingerprint density at radius 1 is 1.06 bits per heavy atom. The summed E-state index contributed by atoms with van der Waals surface area (Å²) in [5.41, 5.74) is 4.90. The van der Waals surface area contributed by atoms with Gasteiger partial charge < -0.3 is 14.6 Å². The number of ether oxygens (including phenoxy) is 1. The van der Waals surface area contributed by atoms with Gasteiger partial charge in [0.15, 0.2) is 6.29 Å². The molecule has 1 aromatic heterocycles. The highest BCUT2D eigenvalue weighted by molar-refractivity contribution is 5.99. The Kier molecular flexibility index (Phi) is 6.29. The number of amides is 1. The fourth-order valence-corrected chi connectivity index (χ4v) is 3.81. The van der Waals surface area contributed by atoms with Crippen LogP contribution in [-0.4, -0.2) is 48.4 Å². The van der Waals surface area contributed by atoms with Crippen molar-refractivity contribution in [3.8, 4) is 17.2 Å². The van der Waals surface area contributed by atoms with E-state index >= 15 is 0 Å². The lowest BCUT2D eigenvalue weighted by molar-refractivity contribution is 0.0303. The number of H-pyrrole nitrogens is 1. The molecule has 6 heteroatoms. The number of aromatic amines is 1. The molecular formula is C26H23N3O3. The van der Waals surface area contributed by atoms with Crippen LogP contribution in [0.2, 0.25) is 0 Å². The average Bonchev–Trinajstić information content (AvgIpc) is 2.92. The van der Waals surface area contributed by atoms with Crippen LogP contribution in [0.1, 0.15) is 32.0 Å². The number of aryl methyl sites for hydroxylation is 1. The van der Waals surface area contributed by atoms with Crippen LogP contribution in [0, 0.1) is 18.3 Å². The van der Waals surface area contributed by atoms with Gasteiger partial charge in [-0.05, 0) is 59.8 Å². The highest BCUT2D eigenvalue weighted by Crippen LogP contribution is 2.26. The summed E-state index contributed by atoms with van der Waals surface area (Å²) in [6.07, 6.45) is 0.825. The number of hydrogen-bond acceptors (Lipinski definition) is 4. The van der Waals surface area contributed by atoms with Crippen molar-refractivity contribution in [2.45, 2.75) is 6.92 Å². The van der Waals surface area contributed by atoms with Crippen LogP contribution in [0.5, 0.6) is 0 Å². The van der Waals surface area contributed by atoms with Crippen molar-refractivity contribution in [1.29, 1.82) is 5.26 Å². The van der Waals surface area contributed by atoms with Gasteiger partial charge in [-0.3, -0.25) is 9.59 Å². The molecule has 0 atom stereocenters. The van der Waals surface area contributed by atoms with Gasteiger partial charge in [-0.1, -0.05) is 24.3 Å². The van der Waals surface area contributed by atoms with Crippen LogP contribution in [0.15, 0.2) is 60.7 Å². The molecule has 2 heterocycles. The lowest BCUT2D eigenvalue weighted by Gasteiger charge is -2.26. The first kappa shape index (κ1) is 21.3. The zero-order chi connectivity index (χ0) is 22.5. The van der Waals surface area contributed by atoms with Crippen molar-refractivity contribution in [2.24, 2.45) is 0 Å². The third kappa shape index (κ3) is 4.53. The van der Waals surface area contributed by atoms with Crippen molar-refractivity contribution >= 4 is 23.1 Å². The standard InChI is InChI=1S/C26H23N3O3/c1-18-13-22(26(31)29-9-11-32-12-10-29)4-2-3-21-14-23(15-24(17-30)25(21)28-18)20-7-5-19(16-27)6-8-20/h2-8,13-15,17,28H,9-12H2,1H3. The van der Waals surface area contributed by atoms with E-state index in [4.69, 9.17) is 10.00 Å². The van der Waals surface area contributed by atoms with E-state index in [1.807, 2.05) is 43.3 Å². The molecule has 0 spiro atoms. The predicted molar refractivity (Wildman–Crippen MR) is 123 cm³/mol. The van der Waals surface area contributed by atoms with Gasteiger partial charge in [0.25, 0.3) is 5.91 Å². The quantitative estimate of drug-likeness (QED) is 0.629. The van der Waals surface area contributed by atoms with E-state index in [0.717, 1.165) is 28.5 Å². The maximum atomic E-state index is 13.0. The number of carbonyl (C=O) groups is 2. The number of carbonyl (C=O) groups excluding carboxylic acids is 2. The highest BCUT2D eigenvalue weighted by atomic mass is 16.5. The summed E-state index contributed by atoms with van der Waals surface area (Å²) in [5.74, 6) is -0.0426. The molecule has 0 saturated carbocycles. The summed E-state index contributed by atoms with van der Waals surface area (Å²) < 4.78 is 5.35. The Hall–Kier alpha value is -3.95. The number of aromatic nitrogens is 1. The van der Waals surface area contributed by atoms with E-state index < -0.39 is 0 Å². The minimum atomic E-state index is -0.0426. The Labute approximate surface area is 186 Å². The normalized spacial score (nSPS) is 13.3. The number of nitrogens with one attached hydrogen (secondary N) is 1. The number of rotatable bonds is 3. The van der Waals surface area contributed by atoms with E-state index in [1.165, 1.54) is 0 Å². The van der Waals surface area contributed by atoms with Gasteiger partial charge >= 0.3 is 0 Å². The molecule has 160 valence electrons. The summed E-state index contributed by atoms with van der Waals surface area (Å²) in [6.45, 7) is 4.11. The second kappa shape index (κ2) is 9.46. The van der Waals surface area contributed by atoms with E-state index in [9.17, 15) is 9.59 Å². The van der Waals surface area contributed by atoms with Gasteiger partial charge in [0.05, 0.1) is 30.4 Å². The average molecular weight is 425 g/mol. The summed E-state index contributed by atoms with van der Waals surface area (Å²) in [6, 6.07) is 20.5. The number of nitriles is 1. The number of benzene rings is 2. The maximum absolute atomic E-state index is 13.0. The van der Waals surface area contributed by atoms with Crippen molar-refractivity contribution in [1.82, 2.24) is 9.88 Å². The summed E-state index contributed by atoms with van der Waals surface area (Å²) in [4.78, 5) is 30.0. The lowest BCUT2D eigenvalue weighted by Crippen LogP contribution is -2.40. The third-order valence-electron chi connectivity index (χ3n) is 5.46. The van der Waals surface area contributed by atoms with Crippen LogP contribution in [-0.2, 0) is 4.74 Å². The largest absolute Gasteiger partial charge is 0.378 e. The lowest BCUT2D eigenvalue weighted by atomic mass is 9.99. The molecule has 1 aliphatic rings. The monoisotopic (exact) mass is 425 g/mol. The molecule has 1 saturated heterocycles. The second-order valence-electron chi connectivity index (χ2n) is 7.67. The molecule has 1 fully saturated rings. The van der Waals surface area contributed by atoms with Crippen LogP contribution in [0.25, 0.3) is 22.0 Å². The first-order chi connectivity index (χ1) is 15.6. The topological polar surface area (TPSA) is 86.2 Å². The van der Waals surface area contributed by atoms with E-state index in [2.05, 4.69) is 11.1 Å². The maximum Gasteiger partial charge on any atom is 0.254 e. The Balaban J connectivity index is 1.84. The number of morpholine rings is 1. The van der Waals surface area contributed by atoms with Crippen LogP contribution < -0.4 is 0 Å². The van der Waals surface area contributed by atoms with Crippen LogP contribution >= 0.6 is 0 Å². The molecule has 1 amide bonds. The van der Waals surface area contributed by atoms with Gasteiger partial charge in [-0.25, -0.2) is 0 Å². The molecule has 4 rings (SSSR count). The zero-order valence-corrected chi connectivity index (χ0v) is 17.8. The SMILES string of the molecule is Cc1cc(C(=O)N2CCOCC2)cccc2cc(-c3ccc(C#N)cc3)cc(C=O)c2[nH]1. The van der Waals surface area contributed by atoms with Crippen molar-refractivity contribution in [3.63, 3.8) is 0 Å². The summed E-state index contributed by atoms with van der Waals surface area (Å²) in [5, 5.41) is 9.87. The molecule has 0 bridgehead atoms. The first-order valence-electron chi connectivity index (χ1n) is 10.4. The molecule has 3 aromatic rings. The van der Waals surface area contributed by atoms with Crippen molar-refractivity contribution in [3.05, 3.63) is 83.0 Å². The molecule has 1 N–H and O–H groups in total. The van der Waals surface area contributed by atoms with Crippen LogP contribution in [0.3, 0.4) is 0 Å². The number of aldehydes is 1. The molecule has 0 radical (unpaired) electrons. The van der Waals surface area contributed by atoms with Gasteiger partial charge in [-0.2, -0.15) is 5.26 Å². The molecular weight excluding hydrogens is 402 g/mol. The molecule has 1 aliphatic heterocycles. The minimum Gasteiger partial charge on any atom is -0.378 e. The van der Waals surface area contributed by atoms with Crippen molar-refractivity contribution in [2.75, 3.05) is 26.3 Å². The zero-order valence-electron chi connectivity index (χ0n) is 17.8. The highest BCUT2D eigenvalue weighted by Gasteiger charge is 2.18.